The Morgan fingerprint density at radius 2 is 2.05 bits per heavy atom. The van der Waals surface area contributed by atoms with E-state index in [9.17, 15) is 5.11 Å². The lowest BCUT2D eigenvalue weighted by atomic mass is 9.83. The third-order valence-corrected chi connectivity index (χ3v) is 5.03. The number of piperidine rings is 1. The van der Waals surface area contributed by atoms with Gasteiger partial charge in [-0.25, -0.2) is 4.98 Å². The molecule has 2 aromatic rings. The summed E-state index contributed by atoms with van der Waals surface area (Å²) in [4.78, 5) is 6.92. The lowest BCUT2D eigenvalue weighted by molar-refractivity contribution is 0.00648. The minimum Gasteiger partial charge on any atom is -0.390 e. The van der Waals surface area contributed by atoms with Crippen molar-refractivity contribution in [1.29, 1.82) is 0 Å². The summed E-state index contributed by atoms with van der Waals surface area (Å²) >= 11 is 1.76. The highest BCUT2D eigenvalue weighted by Crippen LogP contribution is 2.33. The van der Waals surface area contributed by atoms with E-state index in [0.717, 1.165) is 31.7 Å². The van der Waals surface area contributed by atoms with E-state index in [0.29, 0.717) is 5.92 Å². The van der Waals surface area contributed by atoms with Crippen LogP contribution in [-0.2, 0) is 0 Å². The SMILES string of the molecule is CC(C)(O)C1CCN(c2nccc3sccc23)CC1. The Hall–Kier alpha value is -1.13. The van der Waals surface area contributed by atoms with E-state index >= 15 is 0 Å². The van der Waals surface area contributed by atoms with Crippen LogP contribution in [0.2, 0.25) is 0 Å². The molecule has 2 aromatic heterocycles. The molecule has 3 rings (SSSR count). The van der Waals surface area contributed by atoms with Gasteiger partial charge in [-0.3, -0.25) is 0 Å². The van der Waals surface area contributed by atoms with E-state index in [-0.39, 0.29) is 0 Å². The number of aliphatic hydroxyl groups is 1. The van der Waals surface area contributed by atoms with E-state index in [1.807, 2.05) is 20.0 Å². The van der Waals surface area contributed by atoms with Crippen molar-refractivity contribution in [1.82, 2.24) is 4.98 Å². The Morgan fingerprint density at radius 1 is 1.32 bits per heavy atom. The fourth-order valence-electron chi connectivity index (χ4n) is 2.93. The number of anilines is 1. The summed E-state index contributed by atoms with van der Waals surface area (Å²) in [7, 11) is 0. The van der Waals surface area contributed by atoms with Crippen molar-refractivity contribution in [2.75, 3.05) is 18.0 Å². The molecule has 0 saturated carbocycles. The van der Waals surface area contributed by atoms with E-state index < -0.39 is 5.60 Å². The van der Waals surface area contributed by atoms with Gasteiger partial charge in [0.25, 0.3) is 0 Å². The highest BCUT2D eigenvalue weighted by atomic mass is 32.1. The van der Waals surface area contributed by atoms with Crippen LogP contribution in [0.25, 0.3) is 10.1 Å². The minimum atomic E-state index is -0.562. The third kappa shape index (κ3) is 2.47. The van der Waals surface area contributed by atoms with Crippen molar-refractivity contribution >= 4 is 27.2 Å². The highest BCUT2D eigenvalue weighted by molar-refractivity contribution is 7.17. The predicted octanol–water partition coefficient (Wildman–Crippen LogP) is 3.28. The van der Waals surface area contributed by atoms with E-state index in [2.05, 4.69) is 27.4 Å². The smallest absolute Gasteiger partial charge is 0.137 e. The second-order valence-electron chi connectivity index (χ2n) is 5.88. The van der Waals surface area contributed by atoms with Crippen LogP contribution < -0.4 is 4.90 Å². The molecule has 0 aromatic carbocycles. The number of pyridine rings is 1. The number of nitrogens with zero attached hydrogens (tertiary/aromatic N) is 2. The van der Waals surface area contributed by atoms with Crippen LogP contribution >= 0.6 is 11.3 Å². The number of hydrogen-bond donors (Lipinski definition) is 1. The second kappa shape index (κ2) is 4.76. The molecule has 1 fully saturated rings. The van der Waals surface area contributed by atoms with Gasteiger partial charge in [-0.1, -0.05) is 0 Å². The highest BCUT2D eigenvalue weighted by Gasteiger charge is 2.31. The van der Waals surface area contributed by atoms with Gasteiger partial charge in [-0.05, 0) is 50.1 Å². The molecule has 4 heteroatoms. The van der Waals surface area contributed by atoms with Gasteiger partial charge in [0.1, 0.15) is 5.82 Å². The molecule has 1 saturated heterocycles. The molecular weight excluding hydrogens is 256 g/mol. The molecule has 1 N–H and O–H groups in total. The zero-order valence-corrected chi connectivity index (χ0v) is 12.3. The van der Waals surface area contributed by atoms with Gasteiger partial charge in [-0.15, -0.1) is 11.3 Å². The van der Waals surface area contributed by atoms with Gasteiger partial charge in [0.2, 0.25) is 0 Å². The summed E-state index contributed by atoms with van der Waals surface area (Å²) in [6, 6.07) is 4.23. The van der Waals surface area contributed by atoms with Crippen LogP contribution in [0.15, 0.2) is 23.7 Å². The molecule has 0 aliphatic carbocycles. The molecule has 1 aliphatic rings. The lowest BCUT2D eigenvalue weighted by Crippen LogP contribution is -2.42. The average Bonchev–Trinajstić information content (AvgIpc) is 2.86. The first-order valence-electron chi connectivity index (χ1n) is 6.85. The summed E-state index contributed by atoms with van der Waals surface area (Å²) in [6.07, 6.45) is 3.97. The summed E-state index contributed by atoms with van der Waals surface area (Å²) in [5, 5.41) is 13.5. The monoisotopic (exact) mass is 276 g/mol. The van der Waals surface area contributed by atoms with Crippen molar-refractivity contribution in [2.24, 2.45) is 5.92 Å². The molecule has 0 radical (unpaired) electrons. The Bertz CT molecular complexity index is 565. The van der Waals surface area contributed by atoms with Gasteiger partial charge in [0.15, 0.2) is 0 Å². The average molecular weight is 276 g/mol. The Labute approximate surface area is 117 Å². The maximum Gasteiger partial charge on any atom is 0.137 e. The first-order valence-corrected chi connectivity index (χ1v) is 7.73. The van der Waals surface area contributed by atoms with Crippen molar-refractivity contribution in [2.45, 2.75) is 32.3 Å². The standard InChI is InChI=1S/C15H20N2OS/c1-15(2,18)11-4-8-17(9-5-11)14-12-6-10-19-13(12)3-7-16-14/h3,6-7,10-11,18H,4-5,8-9H2,1-2H3. The minimum absolute atomic E-state index is 0.394. The first kappa shape index (κ1) is 12.9. The summed E-state index contributed by atoms with van der Waals surface area (Å²) in [5.41, 5.74) is -0.562. The van der Waals surface area contributed by atoms with Crippen LogP contribution in [0.3, 0.4) is 0 Å². The normalized spacial score (nSPS) is 18.2. The second-order valence-corrected chi connectivity index (χ2v) is 6.83. The number of fused-ring (bicyclic) bond motifs is 1. The van der Waals surface area contributed by atoms with Crippen molar-refractivity contribution in [3.05, 3.63) is 23.7 Å². The quantitative estimate of drug-likeness (QED) is 0.914. The van der Waals surface area contributed by atoms with Crippen LogP contribution in [0.4, 0.5) is 5.82 Å². The van der Waals surface area contributed by atoms with Crippen LogP contribution in [-0.4, -0.2) is 28.8 Å². The number of thiophene rings is 1. The molecule has 1 aliphatic heterocycles. The first-order chi connectivity index (χ1) is 9.05. The largest absolute Gasteiger partial charge is 0.390 e. The topological polar surface area (TPSA) is 36.4 Å². The Balaban J connectivity index is 1.80. The van der Waals surface area contributed by atoms with Gasteiger partial charge in [-0.2, -0.15) is 0 Å². The fourth-order valence-corrected chi connectivity index (χ4v) is 3.71. The van der Waals surface area contributed by atoms with Gasteiger partial charge in [0.05, 0.1) is 5.60 Å². The maximum absolute atomic E-state index is 10.1. The van der Waals surface area contributed by atoms with E-state index in [1.165, 1.54) is 10.1 Å². The zero-order valence-electron chi connectivity index (χ0n) is 11.5. The third-order valence-electron chi connectivity index (χ3n) is 4.15. The molecule has 102 valence electrons. The zero-order chi connectivity index (χ0) is 13.5. The molecule has 19 heavy (non-hydrogen) atoms. The van der Waals surface area contributed by atoms with Crippen LogP contribution in [0.5, 0.6) is 0 Å². The fraction of sp³-hybridized carbons (Fsp3) is 0.533. The number of aromatic nitrogens is 1. The van der Waals surface area contributed by atoms with Gasteiger partial charge in [0, 0.05) is 29.4 Å². The summed E-state index contributed by atoms with van der Waals surface area (Å²) < 4.78 is 1.30. The Kier molecular flexibility index (Phi) is 3.23. The summed E-state index contributed by atoms with van der Waals surface area (Å²) in [6.45, 7) is 5.81. The van der Waals surface area contributed by atoms with E-state index in [1.54, 1.807) is 11.3 Å². The van der Waals surface area contributed by atoms with Crippen molar-refractivity contribution in [3.8, 4) is 0 Å². The maximum atomic E-state index is 10.1. The van der Waals surface area contributed by atoms with E-state index in [4.69, 9.17) is 0 Å². The molecule has 0 bridgehead atoms. The van der Waals surface area contributed by atoms with Crippen molar-refractivity contribution < 1.29 is 5.11 Å². The molecular formula is C15H20N2OS. The number of hydrogen-bond acceptors (Lipinski definition) is 4. The number of rotatable bonds is 2. The predicted molar refractivity (Wildman–Crippen MR) is 80.9 cm³/mol. The Morgan fingerprint density at radius 3 is 2.74 bits per heavy atom. The van der Waals surface area contributed by atoms with Crippen LogP contribution in [0, 0.1) is 5.92 Å². The molecule has 0 amide bonds. The molecule has 0 atom stereocenters. The molecule has 0 spiro atoms. The lowest BCUT2D eigenvalue weighted by Gasteiger charge is -2.38. The van der Waals surface area contributed by atoms with Crippen LogP contribution in [0.1, 0.15) is 26.7 Å². The van der Waals surface area contributed by atoms with Crippen molar-refractivity contribution in [3.63, 3.8) is 0 Å². The van der Waals surface area contributed by atoms with Gasteiger partial charge >= 0.3 is 0 Å². The summed E-state index contributed by atoms with van der Waals surface area (Å²) in [5.74, 6) is 1.50. The van der Waals surface area contributed by atoms with Gasteiger partial charge < -0.3 is 10.0 Å². The molecule has 0 unspecified atom stereocenters. The molecule has 3 heterocycles. The molecule has 3 nitrogen and oxygen atoms in total.